The minimum absolute atomic E-state index is 0.0250. The summed E-state index contributed by atoms with van der Waals surface area (Å²) >= 11 is -2.12. The van der Waals surface area contributed by atoms with Crippen molar-refractivity contribution in [3.05, 3.63) is 53.6 Å². The van der Waals surface area contributed by atoms with E-state index in [-0.39, 0.29) is 19.0 Å². The first-order valence-electron chi connectivity index (χ1n) is 11.2. The van der Waals surface area contributed by atoms with E-state index in [4.69, 9.17) is 10.3 Å². The van der Waals surface area contributed by atoms with Gasteiger partial charge in [-0.2, -0.15) is 5.10 Å². The Morgan fingerprint density at radius 3 is 2.83 bits per heavy atom. The van der Waals surface area contributed by atoms with Crippen LogP contribution in [0.3, 0.4) is 0 Å². The molecule has 1 aliphatic rings. The highest BCUT2D eigenvalue weighted by Gasteiger charge is 2.19. The second-order valence-corrected chi connectivity index (χ2v) is 9.38. The van der Waals surface area contributed by atoms with Gasteiger partial charge in [-0.3, -0.25) is 19.0 Å². The molecule has 0 saturated carbocycles. The molecule has 5 N–H and O–H groups in total. The van der Waals surface area contributed by atoms with E-state index >= 15 is 0 Å². The summed E-state index contributed by atoms with van der Waals surface area (Å²) in [5, 5.41) is 9.29. The van der Waals surface area contributed by atoms with Crippen molar-refractivity contribution < 1.29 is 13.6 Å². The molecule has 0 bridgehead atoms. The maximum atomic E-state index is 12.2. The minimum atomic E-state index is -2.12. The van der Waals surface area contributed by atoms with E-state index in [1.165, 1.54) is 0 Å². The monoisotopic (exact) mass is 507 g/mol. The maximum absolute atomic E-state index is 12.2. The molecular weight excluding hydrogens is 482 g/mol. The van der Waals surface area contributed by atoms with Crippen molar-refractivity contribution in [1.29, 1.82) is 0 Å². The maximum Gasteiger partial charge on any atom is 0.244 e. The third-order valence-corrected chi connectivity index (χ3v) is 6.65. The molecule has 5 heterocycles. The van der Waals surface area contributed by atoms with Crippen LogP contribution in [-0.4, -0.2) is 57.9 Å². The third kappa shape index (κ3) is 4.76. The van der Waals surface area contributed by atoms with Crippen molar-refractivity contribution >= 4 is 45.4 Å². The van der Waals surface area contributed by atoms with Crippen LogP contribution in [0.5, 0.6) is 0 Å². The number of likely N-dealkylation sites (N-methyl/N-ethyl adjacent to an activating group) is 1. The van der Waals surface area contributed by atoms with Gasteiger partial charge in [0.25, 0.3) is 0 Å². The summed E-state index contributed by atoms with van der Waals surface area (Å²) in [6.45, 7) is 2.95. The molecule has 36 heavy (non-hydrogen) atoms. The van der Waals surface area contributed by atoms with Crippen molar-refractivity contribution in [2.75, 3.05) is 24.6 Å². The lowest BCUT2D eigenvalue weighted by atomic mass is 10.0. The molecule has 0 spiro atoms. The Balaban J connectivity index is 1.45. The first-order chi connectivity index (χ1) is 17.3. The Kier molecular flexibility index (Phi) is 6.35. The zero-order chi connectivity index (χ0) is 25.4. The minimum Gasteiger partial charge on any atom is -0.383 e. The highest BCUT2D eigenvalue weighted by Crippen LogP contribution is 2.30. The van der Waals surface area contributed by atoms with Gasteiger partial charge in [0.05, 0.1) is 5.69 Å². The summed E-state index contributed by atoms with van der Waals surface area (Å²) in [5.41, 5.74) is 10.3. The molecule has 0 aromatic carbocycles. The lowest BCUT2D eigenvalue weighted by molar-refractivity contribution is -0.130. The predicted molar refractivity (Wildman–Crippen MR) is 136 cm³/mol. The summed E-state index contributed by atoms with van der Waals surface area (Å²) in [4.78, 5) is 27.1. The quantitative estimate of drug-likeness (QED) is 0.285. The number of amides is 1. The van der Waals surface area contributed by atoms with Crippen molar-refractivity contribution in [2.45, 2.75) is 26.4 Å². The molecule has 5 rings (SSSR count). The molecule has 4 aromatic heterocycles. The van der Waals surface area contributed by atoms with E-state index in [0.29, 0.717) is 35.1 Å². The van der Waals surface area contributed by atoms with Gasteiger partial charge in [-0.15, -0.1) is 0 Å². The van der Waals surface area contributed by atoms with Gasteiger partial charge in [0.15, 0.2) is 5.82 Å². The van der Waals surface area contributed by atoms with E-state index < -0.39 is 11.3 Å². The zero-order valence-electron chi connectivity index (χ0n) is 19.7. The van der Waals surface area contributed by atoms with Crippen LogP contribution in [0.2, 0.25) is 0 Å². The van der Waals surface area contributed by atoms with Crippen LogP contribution < -0.4 is 15.8 Å². The van der Waals surface area contributed by atoms with Gasteiger partial charge < -0.3 is 16.0 Å². The number of fused-ring (bicyclic) bond motifs is 2. The average molecular weight is 508 g/mol. The Morgan fingerprint density at radius 1 is 1.19 bits per heavy atom. The number of nitrogen functional groups attached to an aromatic ring is 1. The van der Waals surface area contributed by atoms with Crippen LogP contribution in [-0.2, 0) is 35.6 Å². The van der Waals surface area contributed by atoms with Gasteiger partial charge in [0, 0.05) is 67.9 Å². The van der Waals surface area contributed by atoms with E-state index in [0.717, 1.165) is 34.2 Å². The van der Waals surface area contributed by atoms with Gasteiger partial charge in [-0.1, -0.05) is 0 Å². The smallest absolute Gasteiger partial charge is 0.244 e. The summed E-state index contributed by atoms with van der Waals surface area (Å²) < 4.78 is 24.2. The largest absolute Gasteiger partial charge is 0.383 e. The topological polar surface area (TPSA) is 164 Å². The number of nitrogens with two attached hydrogens (primary N) is 1. The lowest BCUT2D eigenvalue weighted by Crippen LogP contribution is -2.29. The van der Waals surface area contributed by atoms with E-state index in [1.54, 1.807) is 35.2 Å². The van der Waals surface area contributed by atoms with Gasteiger partial charge in [0.1, 0.15) is 18.2 Å². The van der Waals surface area contributed by atoms with Crippen molar-refractivity contribution in [3.8, 4) is 11.3 Å². The molecule has 0 saturated heterocycles. The summed E-state index contributed by atoms with van der Waals surface area (Å²) in [7, 11) is 1.80. The van der Waals surface area contributed by atoms with Crippen molar-refractivity contribution in [3.63, 3.8) is 0 Å². The van der Waals surface area contributed by atoms with Crippen LogP contribution in [0.25, 0.3) is 22.0 Å². The lowest BCUT2D eigenvalue weighted by Gasteiger charge is -2.13. The third-order valence-electron chi connectivity index (χ3n) is 6.26. The summed E-state index contributed by atoms with van der Waals surface area (Å²) in [6, 6.07) is 5.70. The van der Waals surface area contributed by atoms with Crippen molar-refractivity contribution in [2.24, 2.45) is 0 Å². The molecule has 0 fully saturated rings. The molecule has 1 aliphatic heterocycles. The number of aromatic nitrogens is 5. The normalized spacial score (nSPS) is 14.5. The number of rotatable bonds is 6. The van der Waals surface area contributed by atoms with Gasteiger partial charge in [-0.25, -0.2) is 18.9 Å². The molecular formula is C23H25N9O3S. The van der Waals surface area contributed by atoms with Crippen LogP contribution in [0, 0.1) is 6.92 Å². The van der Waals surface area contributed by atoms with Crippen LogP contribution in [0.15, 0.2) is 36.8 Å². The number of pyridine rings is 3. The van der Waals surface area contributed by atoms with Crippen LogP contribution in [0.1, 0.15) is 16.8 Å². The Morgan fingerprint density at radius 2 is 2.03 bits per heavy atom. The number of nitrogens with one attached hydrogen (secondary N) is 2. The number of anilines is 3. The van der Waals surface area contributed by atoms with E-state index in [9.17, 15) is 9.00 Å². The standard InChI is InChI=1S/C23H25N9O3S/c1-13-15(9-27-36(34)35)8-25-10-17(13)19-5-14-6-20(26-11-18(14)23(24)28-19)29-21-7-16-3-4-31(2)22(33)12-32(16)30-21/h5-8,10-11,27H,3-4,9,12H2,1-2H3,(H2,24,28)(H,34,35)(H,26,29,30). The van der Waals surface area contributed by atoms with Crippen LogP contribution in [0.4, 0.5) is 17.5 Å². The first-order valence-corrected chi connectivity index (χ1v) is 12.3. The number of hydrogen-bond acceptors (Lipinski definition) is 8. The number of hydrogen-bond donors (Lipinski definition) is 4. The molecule has 1 unspecified atom stereocenters. The zero-order valence-corrected chi connectivity index (χ0v) is 20.5. The van der Waals surface area contributed by atoms with Crippen molar-refractivity contribution in [1.82, 2.24) is 34.4 Å². The number of carbonyl (C=O) groups is 1. The molecule has 186 valence electrons. The second kappa shape index (κ2) is 9.60. The predicted octanol–water partition coefficient (Wildman–Crippen LogP) is 1.76. The molecule has 1 amide bonds. The number of carbonyl (C=O) groups excluding carboxylic acids is 1. The highest BCUT2D eigenvalue weighted by atomic mass is 32.2. The Labute approximate surface area is 209 Å². The fourth-order valence-electron chi connectivity index (χ4n) is 4.17. The number of nitrogens with zero attached hydrogens (tertiary/aromatic N) is 6. The van der Waals surface area contributed by atoms with E-state index in [1.807, 2.05) is 25.1 Å². The molecule has 0 radical (unpaired) electrons. The van der Waals surface area contributed by atoms with Crippen LogP contribution >= 0.6 is 0 Å². The summed E-state index contributed by atoms with van der Waals surface area (Å²) in [6.07, 6.45) is 5.72. The fourth-order valence-corrected chi connectivity index (χ4v) is 4.45. The SMILES string of the molecule is Cc1c(CNS(=O)O)cncc1-c1cc2cc(Nc3cc4n(n3)CC(=O)N(C)CC4)ncc2c(N)n1. The molecule has 1 atom stereocenters. The molecule has 0 aliphatic carbocycles. The molecule has 12 nitrogen and oxygen atoms in total. The second-order valence-electron chi connectivity index (χ2n) is 8.59. The highest BCUT2D eigenvalue weighted by molar-refractivity contribution is 7.77. The van der Waals surface area contributed by atoms with E-state index in [2.05, 4.69) is 30.1 Å². The molecule has 13 heteroatoms. The average Bonchev–Trinajstić information content (AvgIpc) is 3.16. The molecule has 4 aromatic rings. The Bertz CT molecular complexity index is 1500. The Hall–Kier alpha value is -3.94. The summed E-state index contributed by atoms with van der Waals surface area (Å²) in [5.74, 6) is 1.54. The fraction of sp³-hybridized carbons (Fsp3) is 0.261. The first kappa shape index (κ1) is 23.8. The van der Waals surface area contributed by atoms with Gasteiger partial charge in [0.2, 0.25) is 17.2 Å². The van der Waals surface area contributed by atoms with Gasteiger partial charge >= 0.3 is 0 Å². The van der Waals surface area contributed by atoms with Gasteiger partial charge in [-0.05, 0) is 35.6 Å².